The summed E-state index contributed by atoms with van der Waals surface area (Å²) in [6, 6.07) is 18.3. The molecule has 0 bridgehead atoms. The molecule has 4 nitrogen and oxygen atoms in total. The van der Waals surface area contributed by atoms with Crippen molar-refractivity contribution < 1.29 is 13.2 Å². The summed E-state index contributed by atoms with van der Waals surface area (Å²) in [4.78, 5) is 0.345. The summed E-state index contributed by atoms with van der Waals surface area (Å²) in [5.74, 6) is -0.140. The summed E-state index contributed by atoms with van der Waals surface area (Å²) in [5.41, 5.74) is 6.44. The molecule has 122 valence electrons. The third kappa shape index (κ3) is 2.59. The van der Waals surface area contributed by atoms with Gasteiger partial charge in [0.15, 0.2) is 9.84 Å². The van der Waals surface area contributed by atoms with Crippen molar-refractivity contribution in [2.24, 2.45) is 11.1 Å². The third-order valence-electron chi connectivity index (χ3n) is 4.74. The molecule has 0 radical (unpaired) electrons. The zero-order valence-electron chi connectivity index (χ0n) is 13.1. The lowest BCUT2D eigenvalue weighted by molar-refractivity contribution is 0.142. The molecular weight excluding hydrogens is 310 g/mol. The highest BCUT2D eigenvalue weighted by atomic mass is 32.2. The maximum atomic E-state index is 13.1. The van der Waals surface area contributed by atoms with Crippen LogP contribution in [0.4, 0.5) is 0 Å². The molecule has 1 fully saturated rings. The monoisotopic (exact) mass is 331 g/mol. The average molecular weight is 331 g/mol. The topological polar surface area (TPSA) is 69.4 Å². The molecule has 3 atom stereocenters. The van der Waals surface area contributed by atoms with Crippen LogP contribution in [-0.4, -0.2) is 33.9 Å². The second-order valence-corrected chi connectivity index (χ2v) is 8.11. The predicted molar refractivity (Wildman–Crippen MR) is 90.0 cm³/mol. The fourth-order valence-electron chi connectivity index (χ4n) is 3.61. The molecule has 1 saturated carbocycles. The van der Waals surface area contributed by atoms with Crippen LogP contribution in [0.25, 0.3) is 0 Å². The molecule has 0 aromatic heterocycles. The lowest BCUT2D eigenvalue weighted by Crippen LogP contribution is -2.28. The highest BCUT2D eigenvalue weighted by Crippen LogP contribution is 2.63. The lowest BCUT2D eigenvalue weighted by atomic mass is 10.0. The molecule has 0 aliphatic heterocycles. The maximum Gasteiger partial charge on any atom is 0.182 e. The van der Waals surface area contributed by atoms with E-state index in [0.29, 0.717) is 11.5 Å². The Balaban J connectivity index is 2.06. The highest BCUT2D eigenvalue weighted by molar-refractivity contribution is 7.92. The molecule has 0 unspecified atom stereocenters. The van der Waals surface area contributed by atoms with Crippen LogP contribution in [0.15, 0.2) is 65.6 Å². The van der Waals surface area contributed by atoms with Gasteiger partial charge in [0.25, 0.3) is 0 Å². The number of ether oxygens (including phenoxy) is 1. The molecule has 23 heavy (non-hydrogen) atoms. The van der Waals surface area contributed by atoms with Gasteiger partial charge in [0.2, 0.25) is 0 Å². The van der Waals surface area contributed by atoms with Crippen molar-refractivity contribution >= 4 is 9.84 Å². The zero-order chi connectivity index (χ0) is 16.5. The summed E-state index contributed by atoms with van der Waals surface area (Å²) in [6.45, 7) is 0.608. The quantitative estimate of drug-likeness (QED) is 0.881. The second kappa shape index (κ2) is 6.07. The number of rotatable bonds is 6. The SMILES string of the molecule is COC[C@]1(CN)[C@H](c2ccccc2)[C@H]1S(=O)(=O)c1ccccc1. The van der Waals surface area contributed by atoms with Crippen molar-refractivity contribution in [3.8, 4) is 0 Å². The maximum absolute atomic E-state index is 13.1. The molecular formula is C18H21NO3S. The van der Waals surface area contributed by atoms with Gasteiger partial charge in [-0.1, -0.05) is 48.5 Å². The number of hydrogen-bond donors (Lipinski definition) is 1. The summed E-state index contributed by atoms with van der Waals surface area (Å²) in [5, 5.41) is -0.551. The lowest BCUT2D eigenvalue weighted by Gasteiger charge is -2.14. The van der Waals surface area contributed by atoms with Crippen molar-refractivity contribution in [2.45, 2.75) is 16.1 Å². The van der Waals surface area contributed by atoms with Crippen LogP contribution < -0.4 is 5.73 Å². The van der Waals surface area contributed by atoms with Gasteiger partial charge in [-0.25, -0.2) is 8.42 Å². The molecule has 2 aromatic carbocycles. The fraction of sp³-hybridized carbons (Fsp3) is 0.333. The molecule has 1 aliphatic carbocycles. The van der Waals surface area contributed by atoms with Crippen LogP contribution in [0.1, 0.15) is 11.5 Å². The first kappa shape index (κ1) is 16.2. The van der Waals surface area contributed by atoms with Gasteiger partial charge in [-0.3, -0.25) is 0 Å². The van der Waals surface area contributed by atoms with Crippen LogP contribution in [-0.2, 0) is 14.6 Å². The Hall–Kier alpha value is -1.69. The van der Waals surface area contributed by atoms with Crippen molar-refractivity contribution in [3.63, 3.8) is 0 Å². The normalized spacial score (nSPS) is 26.9. The minimum Gasteiger partial charge on any atom is -0.384 e. The Bertz CT molecular complexity index is 761. The van der Waals surface area contributed by atoms with E-state index >= 15 is 0 Å². The van der Waals surface area contributed by atoms with E-state index in [4.69, 9.17) is 10.5 Å². The standard InChI is InChI=1S/C18H21NO3S/c1-22-13-18(12-19)16(14-8-4-2-5-9-14)17(18)23(20,21)15-10-6-3-7-11-15/h2-11,16-17H,12-13,19H2,1H3/t16-,17-,18-/m1/s1. The first-order chi connectivity index (χ1) is 11.1. The van der Waals surface area contributed by atoms with Crippen molar-refractivity contribution in [2.75, 3.05) is 20.3 Å². The van der Waals surface area contributed by atoms with E-state index in [1.165, 1.54) is 0 Å². The van der Waals surface area contributed by atoms with Gasteiger partial charge < -0.3 is 10.5 Å². The Labute approximate surface area is 137 Å². The van der Waals surface area contributed by atoms with Gasteiger partial charge in [-0.2, -0.15) is 0 Å². The average Bonchev–Trinajstić information content (AvgIpc) is 3.27. The number of hydrogen-bond acceptors (Lipinski definition) is 4. The van der Waals surface area contributed by atoms with Gasteiger partial charge in [0.1, 0.15) is 0 Å². The Morgan fingerprint density at radius 1 is 1.04 bits per heavy atom. The van der Waals surface area contributed by atoms with Gasteiger partial charge >= 0.3 is 0 Å². The van der Waals surface area contributed by atoms with Crippen molar-refractivity contribution in [1.82, 2.24) is 0 Å². The number of methoxy groups -OCH3 is 1. The minimum absolute atomic E-state index is 0.140. The van der Waals surface area contributed by atoms with E-state index in [9.17, 15) is 8.42 Å². The van der Waals surface area contributed by atoms with Crippen LogP contribution >= 0.6 is 0 Å². The van der Waals surface area contributed by atoms with Gasteiger partial charge in [-0.05, 0) is 17.7 Å². The first-order valence-corrected chi connectivity index (χ1v) is 9.15. The molecule has 0 spiro atoms. The molecule has 2 aromatic rings. The Kier molecular flexibility index (Phi) is 4.27. The van der Waals surface area contributed by atoms with Gasteiger partial charge in [0.05, 0.1) is 16.8 Å². The number of nitrogens with two attached hydrogens (primary N) is 1. The zero-order valence-corrected chi connectivity index (χ0v) is 13.9. The van der Waals surface area contributed by atoms with E-state index in [0.717, 1.165) is 5.56 Å². The molecule has 2 N–H and O–H groups in total. The third-order valence-corrected chi connectivity index (χ3v) is 7.08. The highest BCUT2D eigenvalue weighted by Gasteiger charge is 2.70. The van der Waals surface area contributed by atoms with E-state index in [1.54, 1.807) is 31.4 Å². The largest absolute Gasteiger partial charge is 0.384 e. The summed E-state index contributed by atoms with van der Waals surface area (Å²) >= 11 is 0. The first-order valence-electron chi connectivity index (χ1n) is 7.61. The fourth-order valence-corrected chi connectivity index (χ4v) is 6.07. The summed E-state index contributed by atoms with van der Waals surface area (Å²) in [6.07, 6.45) is 0. The van der Waals surface area contributed by atoms with Crippen molar-refractivity contribution in [3.05, 3.63) is 66.2 Å². The Morgan fingerprint density at radius 3 is 2.13 bits per heavy atom. The summed E-state index contributed by atoms with van der Waals surface area (Å²) in [7, 11) is -1.88. The van der Waals surface area contributed by atoms with Crippen LogP contribution in [0, 0.1) is 5.41 Å². The van der Waals surface area contributed by atoms with Crippen LogP contribution in [0.5, 0.6) is 0 Å². The molecule has 0 heterocycles. The van der Waals surface area contributed by atoms with Crippen molar-refractivity contribution in [1.29, 1.82) is 0 Å². The Morgan fingerprint density at radius 2 is 1.61 bits per heavy atom. The van der Waals surface area contributed by atoms with Crippen LogP contribution in [0.2, 0.25) is 0 Å². The molecule has 3 rings (SSSR count). The van der Waals surface area contributed by atoms with Crippen LogP contribution in [0.3, 0.4) is 0 Å². The molecule has 1 aliphatic rings. The van der Waals surface area contributed by atoms with E-state index < -0.39 is 20.5 Å². The predicted octanol–water partition coefficient (Wildman–Crippen LogP) is 2.22. The van der Waals surface area contributed by atoms with E-state index in [1.807, 2.05) is 36.4 Å². The molecule has 5 heteroatoms. The second-order valence-electron chi connectivity index (χ2n) is 6.04. The van der Waals surface area contributed by atoms with Gasteiger partial charge in [-0.15, -0.1) is 0 Å². The number of benzene rings is 2. The molecule has 0 saturated heterocycles. The minimum atomic E-state index is -3.47. The smallest absolute Gasteiger partial charge is 0.182 e. The number of sulfone groups is 1. The van der Waals surface area contributed by atoms with E-state index in [2.05, 4.69) is 0 Å². The summed E-state index contributed by atoms with van der Waals surface area (Å²) < 4.78 is 31.6. The molecule has 0 amide bonds. The van der Waals surface area contributed by atoms with E-state index in [-0.39, 0.29) is 12.5 Å². The van der Waals surface area contributed by atoms with Gasteiger partial charge in [0, 0.05) is 25.0 Å².